The molecular formula is C22H28F3N5O2. The SMILES string of the molecule is CCC(C)c1nc(-c2cnc(N)c(OC(F)(F)F)c2)cn1C12CC(N3CCOCC3)(C1)C2. The summed E-state index contributed by atoms with van der Waals surface area (Å²) in [6.07, 6.45) is 2.71. The van der Waals surface area contributed by atoms with Crippen molar-refractivity contribution in [2.75, 3.05) is 32.0 Å². The molecule has 7 nitrogen and oxygen atoms in total. The Morgan fingerprint density at radius 1 is 1.22 bits per heavy atom. The molecule has 3 saturated carbocycles. The van der Waals surface area contributed by atoms with E-state index in [1.807, 2.05) is 6.20 Å². The van der Waals surface area contributed by atoms with E-state index in [0.29, 0.717) is 11.3 Å². The number of hydrogen-bond donors (Lipinski definition) is 1. The molecule has 32 heavy (non-hydrogen) atoms. The van der Waals surface area contributed by atoms with Gasteiger partial charge in [-0.25, -0.2) is 9.97 Å². The summed E-state index contributed by atoms with van der Waals surface area (Å²) in [4.78, 5) is 11.3. The van der Waals surface area contributed by atoms with Gasteiger partial charge in [-0.15, -0.1) is 13.2 Å². The molecule has 4 fully saturated rings. The fraction of sp³-hybridized carbons (Fsp3) is 0.636. The number of nitrogens with two attached hydrogens (primary N) is 1. The first-order valence-electron chi connectivity index (χ1n) is 11.1. The van der Waals surface area contributed by atoms with E-state index in [0.717, 1.165) is 57.8 Å². The van der Waals surface area contributed by atoms with Gasteiger partial charge in [0, 0.05) is 42.5 Å². The van der Waals surface area contributed by atoms with Crippen LogP contribution in [0.5, 0.6) is 5.75 Å². The molecule has 3 heterocycles. The van der Waals surface area contributed by atoms with Gasteiger partial charge in [-0.2, -0.15) is 0 Å². The van der Waals surface area contributed by atoms with E-state index in [1.54, 1.807) is 0 Å². The molecule has 10 heteroatoms. The maximum absolute atomic E-state index is 12.7. The summed E-state index contributed by atoms with van der Waals surface area (Å²) in [7, 11) is 0. The van der Waals surface area contributed by atoms with Gasteiger partial charge in [-0.05, 0) is 31.7 Å². The molecule has 2 N–H and O–H groups in total. The summed E-state index contributed by atoms with van der Waals surface area (Å²) in [5.41, 5.74) is 6.94. The maximum Gasteiger partial charge on any atom is 0.573 e. The van der Waals surface area contributed by atoms with Gasteiger partial charge in [0.15, 0.2) is 11.6 Å². The van der Waals surface area contributed by atoms with Crippen LogP contribution >= 0.6 is 0 Å². The number of imidazole rings is 1. The van der Waals surface area contributed by atoms with Crippen LogP contribution in [-0.4, -0.2) is 57.6 Å². The molecule has 6 rings (SSSR count). The minimum atomic E-state index is -4.84. The summed E-state index contributed by atoms with van der Waals surface area (Å²) in [5.74, 6) is 0.378. The van der Waals surface area contributed by atoms with Crippen LogP contribution in [-0.2, 0) is 10.3 Å². The van der Waals surface area contributed by atoms with Crippen molar-refractivity contribution in [3.8, 4) is 17.0 Å². The third kappa shape index (κ3) is 3.44. The second-order valence-electron chi connectivity index (χ2n) is 9.40. The molecular weight excluding hydrogens is 423 g/mol. The Hall–Kier alpha value is -2.33. The Bertz CT molecular complexity index is 996. The molecule has 1 unspecified atom stereocenters. The fourth-order valence-corrected chi connectivity index (χ4v) is 5.56. The van der Waals surface area contributed by atoms with Crippen molar-refractivity contribution < 1.29 is 22.6 Å². The van der Waals surface area contributed by atoms with Crippen molar-refractivity contribution in [3.05, 3.63) is 24.3 Å². The van der Waals surface area contributed by atoms with E-state index in [1.165, 1.54) is 12.3 Å². The first-order valence-corrected chi connectivity index (χ1v) is 11.1. The van der Waals surface area contributed by atoms with Crippen molar-refractivity contribution in [1.82, 2.24) is 19.4 Å². The molecule has 0 spiro atoms. The monoisotopic (exact) mass is 451 g/mol. The predicted octanol–water partition coefficient (Wildman–Crippen LogP) is 3.90. The van der Waals surface area contributed by atoms with Crippen LogP contribution in [0, 0.1) is 0 Å². The average molecular weight is 451 g/mol. The molecule has 0 aromatic carbocycles. The third-order valence-electron chi connectivity index (χ3n) is 7.36. The number of hydrogen-bond acceptors (Lipinski definition) is 6. The summed E-state index contributed by atoms with van der Waals surface area (Å²) in [6.45, 7) is 7.76. The van der Waals surface area contributed by atoms with Crippen LogP contribution in [0.4, 0.5) is 19.0 Å². The average Bonchev–Trinajstić information content (AvgIpc) is 3.12. The molecule has 2 aromatic rings. The Kier molecular flexibility index (Phi) is 4.94. The summed E-state index contributed by atoms with van der Waals surface area (Å²) in [6, 6.07) is 1.26. The minimum Gasteiger partial charge on any atom is -0.402 e. The Labute approximate surface area is 184 Å². The zero-order valence-electron chi connectivity index (χ0n) is 18.3. The molecule has 2 bridgehead atoms. The van der Waals surface area contributed by atoms with Crippen molar-refractivity contribution in [2.45, 2.75) is 62.9 Å². The molecule has 1 atom stereocenters. The highest BCUT2D eigenvalue weighted by atomic mass is 19.4. The summed E-state index contributed by atoms with van der Waals surface area (Å²) >= 11 is 0. The van der Waals surface area contributed by atoms with E-state index in [2.05, 4.69) is 33.0 Å². The number of aromatic nitrogens is 3. The highest BCUT2D eigenvalue weighted by Gasteiger charge is 2.71. The standard InChI is InChI=1S/C22H28F3N5O2/c1-3-14(2)19-28-16(15-8-17(18(26)27-9-15)32-22(23,24)25)10-30(19)21-11-20(12-21,13-21)29-4-6-31-7-5-29/h8-10,14H,3-7,11-13H2,1-2H3,(H2,26,27). The van der Waals surface area contributed by atoms with Crippen LogP contribution in [0.15, 0.2) is 18.5 Å². The van der Waals surface area contributed by atoms with Crippen LogP contribution in [0.3, 0.4) is 0 Å². The van der Waals surface area contributed by atoms with Gasteiger partial charge in [0.1, 0.15) is 5.82 Å². The first kappa shape index (κ1) is 21.5. The number of nitrogen functional groups attached to an aromatic ring is 1. The van der Waals surface area contributed by atoms with E-state index in [-0.39, 0.29) is 22.8 Å². The van der Waals surface area contributed by atoms with Gasteiger partial charge in [0.05, 0.1) is 24.4 Å². The van der Waals surface area contributed by atoms with Gasteiger partial charge >= 0.3 is 6.36 Å². The minimum absolute atomic E-state index is 0.0366. The second-order valence-corrected chi connectivity index (χ2v) is 9.40. The lowest BCUT2D eigenvalue weighted by Crippen LogP contribution is -2.79. The number of ether oxygens (including phenoxy) is 2. The van der Waals surface area contributed by atoms with Crippen molar-refractivity contribution in [1.29, 1.82) is 0 Å². The predicted molar refractivity (Wildman–Crippen MR) is 112 cm³/mol. The van der Waals surface area contributed by atoms with Gasteiger partial charge in [-0.3, -0.25) is 4.90 Å². The van der Waals surface area contributed by atoms with Crippen LogP contribution in [0.1, 0.15) is 51.3 Å². The second kappa shape index (κ2) is 7.34. The number of halogens is 3. The quantitative estimate of drug-likeness (QED) is 0.718. The Balaban J connectivity index is 1.44. The lowest BCUT2D eigenvalue weighted by atomic mass is 9.43. The number of anilines is 1. The van der Waals surface area contributed by atoms with Crippen LogP contribution < -0.4 is 10.5 Å². The zero-order valence-corrected chi connectivity index (χ0v) is 18.3. The van der Waals surface area contributed by atoms with Crippen LogP contribution in [0.2, 0.25) is 0 Å². The molecule has 1 saturated heterocycles. The largest absolute Gasteiger partial charge is 0.573 e. The van der Waals surface area contributed by atoms with Gasteiger partial charge in [0.2, 0.25) is 0 Å². The summed E-state index contributed by atoms with van der Waals surface area (Å²) in [5, 5.41) is 0. The van der Waals surface area contributed by atoms with Crippen molar-refractivity contribution in [2.24, 2.45) is 0 Å². The van der Waals surface area contributed by atoms with Crippen molar-refractivity contribution >= 4 is 5.82 Å². The third-order valence-corrected chi connectivity index (χ3v) is 7.36. The first-order chi connectivity index (χ1) is 15.1. The lowest BCUT2D eigenvalue weighted by Gasteiger charge is -2.74. The van der Waals surface area contributed by atoms with E-state index in [9.17, 15) is 13.2 Å². The van der Waals surface area contributed by atoms with E-state index >= 15 is 0 Å². The smallest absolute Gasteiger partial charge is 0.402 e. The lowest BCUT2D eigenvalue weighted by molar-refractivity contribution is -0.274. The molecule has 1 aliphatic heterocycles. The Morgan fingerprint density at radius 2 is 1.91 bits per heavy atom. The summed E-state index contributed by atoms with van der Waals surface area (Å²) < 4.78 is 50.1. The number of alkyl halides is 3. The highest BCUT2D eigenvalue weighted by molar-refractivity contribution is 5.64. The van der Waals surface area contributed by atoms with Gasteiger partial charge in [0.25, 0.3) is 0 Å². The molecule has 0 radical (unpaired) electrons. The fourth-order valence-electron chi connectivity index (χ4n) is 5.56. The number of morpholine rings is 1. The molecule has 3 aliphatic carbocycles. The number of pyridine rings is 1. The topological polar surface area (TPSA) is 78.4 Å². The number of nitrogens with zero attached hydrogens (tertiary/aromatic N) is 4. The van der Waals surface area contributed by atoms with E-state index < -0.39 is 12.1 Å². The van der Waals surface area contributed by atoms with Gasteiger partial charge < -0.3 is 19.8 Å². The molecule has 174 valence electrons. The van der Waals surface area contributed by atoms with Crippen molar-refractivity contribution in [3.63, 3.8) is 0 Å². The maximum atomic E-state index is 12.7. The van der Waals surface area contributed by atoms with Gasteiger partial charge in [-0.1, -0.05) is 13.8 Å². The van der Waals surface area contributed by atoms with Crippen LogP contribution in [0.25, 0.3) is 11.3 Å². The molecule has 4 aliphatic rings. The van der Waals surface area contributed by atoms with E-state index in [4.69, 9.17) is 15.5 Å². The number of rotatable bonds is 6. The molecule has 2 aromatic heterocycles. The zero-order chi connectivity index (χ0) is 22.7. The highest BCUT2D eigenvalue weighted by Crippen LogP contribution is 2.68. The molecule has 0 amide bonds. The Morgan fingerprint density at radius 3 is 2.53 bits per heavy atom. The normalized spacial score (nSPS) is 28.7.